The molecule has 0 aliphatic carbocycles. The smallest absolute Gasteiger partial charge is 0.266 e. The summed E-state index contributed by atoms with van der Waals surface area (Å²) in [4.78, 5) is 27.4. The van der Waals surface area contributed by atoms with E-state index in [1.807, 2.05) is 42.5 Å². The van der Waals surface area contributed by atoms with Crippen LogP contribution < -0.4 is 4.90 Å². The van der Waals surface area contributed by atoms with Crippen molar-refractivity contribution in [3.8, 4) is 0 Å². The summed E-state index contributed by atoms with van der Waals surface area (Å²) in [6.07, 6.45) is 0. The van der Waals surface area contributed by atoms with Crippen LogP contribution in [0.25, 0.3) is 0 Å². The van der Waals surface area contributed by atoms with Gasteiger partial charge in [-0.3, -0.25) is 9.59 Å². The first-order chi connectivity index (χ1) is 17.7. The molecule has 0 radical (unpaired) electrons. The summed E-state index contributed by atoms with van der Waals surface area (Å²) in [6, 6.07) is 46.1. The van der Waals surface area contributed by atoms with Crippen molar-refractivity contribution in [3.63, 3.8) is 0 Å². The van der Waals surface area contributed by atoms with Crippen molar-refractivity contribution >= 4 is 17.5 Å². The number of hydrogen-bond donors (Lipinski definition) is 0. The molecule has 36 heavy (non-hydrogen) atoms. The summed E-state index contributed by atoms with van der Waals surface area (Å²) in [6.45, 7) is 0. The van der Waals surface area contributed by atoms with Crippen LogP contribution in [0, 0.1) is 0 Å². The fraction of sp³-hybridized carbons (Fsp3) is 0.0303. The second kappa shape index (κ2) is 8.79. The molecular formula is C33H23NO2. The monoisotopic (exact) mass is 465 g/mol. The van der Waals surface area contributed by atoms with Gasteiger partial charge in [0, 0.05) is 0 Å². The van der Waals surface area contributed by atoms with Crippen molar-refractivity contribution in [1.82, 2.24) is 0 Å². The molecule has 0 saturated carbocycles. The quantitative estimate of drug-likeness (QED) is 0.210. The maximum atomic E-state index is 13.1. The van der Waals surface area contributed by atoms with Crippen molar-refractivity contribution in [3.05, 3.63) is 173 Å². The van der Waals surface area contributed by atoms with Crippen LogP contribution in [0.1, 0.15) is 43.0 Å². The number of fused-ring (bicyclic) bond motifs is 1. The molecule has 1 aliphatic heterocycles. The molecule has 0 bridgehead atoms. The Bertz CT molecular complexity index is 1410. The van der Waals surface area contributed by atoms with Gasteiger partial charge in [0.1, 0.15) is 0 Å². The van der Waals surface area contributed by atoms with E-state index >= 15 is 0 Å². The highest BCUT2D eigenvalue weighted by atomic mass is 16.2. The predicted molar refractivity (Wildman–Crippen MR) is 142 cm³/mol. The molecule has 6 rings (SSSR count). The lowest BCUT2D eigenvalue weighted by Crippen LogP contribution is -2.32. The fourth-order valence-corrected chi connectivity index (χ4v) is 5.35. The van der Waals surface area contributed by atoms with Crippen molar-refractivity contribution < 1.29 is 9.59 Å². The third kappa shape index (κ3) is 3.29. The van der Waals surface area contributed by atoms with Gasteiger partial charge < -0.3 is 0 Å². The highest BCUT2D eigenvalue weighted by molar-refractivity contribution is 6.34. The van der Waals surface area contributed by atoms with Crippen LogP contribution >= 0.6 is 0 Å². The van der Waals surface area contributed by atoms with Crippen molar-refractivity contribution in [2.24, 2.45) is 0 Å². The number of benzene rings is 5. The summed E-state index contributed by atoms with van der Waals surface area (Å²) >= 11 is 0. The van der Waals surface area contributed by atoms with E-state index in [2.05, 4.69) is 72.8 Å². The molecule has 0 fully saturated rings. The Kier molecular flexibility index (Phi) is 5.31. The van der Waals surface area contributed by atoms with Gasteiger partial charge in [0.2, 0.25) is 0 Å². The Balaban J connectivity index is 1.54. The van der Waals surface area contributed by atoms with Gasteiger partial charge >= 0.3 is 0 Å². The Hall–Kier alpha value is -4.76. The topological polar surface area (TPSA) is 37.4 Å². The van der Waals surface area contributed by atoms with Gasteiger partial charge in [-0.1, -0.05) is 115 Å². The fourth-order valence-electron chi connectivity index (χ4n) is 5.35. The number of imide groups is 1. The van der Waals surface area contributed by atoms with Crippen LogP contribution in [0.5, 0.6) is 0 Å². The summed E-state index contributed by atoms with van der Waals surface area (Å²) in [5.41, 5.74) is 5.32. The van der Waals surface area contributed by atoms with Crippen LogP contribution in [-0.2, 0) is 5.41 Å². The average Bonchev–Trinajstić information content (AvgIpc) is 3.21. The van der Waals surface area contributed by atoms with Gasteiger partial charge in [-0.15, -0.1) is 0 Å². The van der Waals surface area contributed by atoms with Gasteiger partial charge in [0.15, 0.2) is 0 Å². The van der Waals surface area contributed by atoms with E-state index in [-0.39, 0.29) is 11.8 Å². The average molecular weight is 466 g/mol. The molecular weight excluding hydrogens is 442 g/mol. The molecule has 2 amide bonds. The standard InChI is InChI=1S/C33H23NO2/c35-31-29-18-10-11-19-30(29)32(36)34(31)28-22-20-27(21-23-28)33(24-12-4-1-5-13-24,25-14-6-2-7-15-25)26-16-8-3-9-17-26/h1-23H. The summed E-state index contributed by atoms with van der Waals surface area (Å²) in [5, 5.41) is 0. The van der Waals surface area contributed by atoms with Crippen LogP contribution in [-0.4, -0.2) is 11.8 Å². The van der Waals surface area contributed by atoms with Crippen LogP contribution in [0.4, 0.5) is 5.69 Å². The van der Waals surface area contributed by atoms with E-state index in [0.717, 1.165) is 22.3 Å². The molecule has 3 nitrogen and oxygen atoms in total. The lowest BCUT2D eigenvalue weighted by atomic mass is 9.65. The lowest BCUT2D eigenvalue weighted by molar-refractivity contribution is 0.0926. The Morgan fingerprint density at radius 2 is 0.722 bits per heavy atom. The van der Waals surface area contributed by atoms with E-state index < -0.39 is 5.41 Å². The molecule has 0 N–H and O–H groups in total. The summed E-state index contributed by atoms with van der Waals surface area (Å²) in [7, 11) is 0. The van der Waals surface area contributed by atoms with E-state index in [1.54, 1.807) is 24.3 Å². The first-order valence-electron chi connectivity index (χ1n) is 12.0. The van der Waals surface area contributed by atoms with Crippen molar-refractivity contribution in [2.45, 2.75) is 5.41 Å². The zero-order valence-corrected chi connectivity index (χ0v) is 19.5. The van der Waals surface area contributed by atoms with Gasteiger partial charge in [-0.25, -0.2) is 4.90 Å². The van der Waals surface area contributed by atoms with Crippen LogP contribution in [0.3, 0.4) is 0 Å². The number of anilines is 1. The van der Waals surface area contributed by atoms with Gasteiger partial charge in [0.05, 0.1) is 22.2 Å². The van der Waals surface area contributed by atoms with E-state index in [9.17, 15) is 9.59 Å². The zero-order chi connectivity index (χ0) is 24.5. The van der Waals surface area contributed by atoms with Crippen molar-refractivity contribution in [1.29, 1.82) is 0 Å². The number of carbonyl (C=O) groups excluding carboxylic acids is 2. The number of nitrogens with zero attached hydrogens (tertiary/aromatic N) is 1. The Labute approximate surface area is 210 Å². The lowest BCUT2D eigenvalue weighted by Gasteiger charge is -2.37. The Morgan fingerprint density at radius 1 is 0.389 bits per heavy atom. The van der Waals surface area contributed by atoms with Crippen LogP contribution in [0.15, 0.2) is 140 Å². The highest BCUT2D eigenvalue weighted by Gasteiger charge is 2.39. The molecule has 5 aromatic rings. The molecule has 0 atom stereocenters. The molecule has 1 aliphatic rings. The SMILES string of the molecule is O=C1c2ccccc2C(=O)N1c1ccc(C(c2ccccc2)(c2ccccc2)c2ccccc2)cc1. The minimum absolute atomic E-state index is 0.288. The maximum Gasteiger partial charge on any atom is 0.266 e. The third-order valence-corrected chi connectivity index (χ3v) is 6.97. The van der Waals surface area contributed by atoms with Crippen molar-refractivity contribution in [2.75, 3.05) is 4.90 Å². The first-order valence-corrected chi connectivity index (χ1v) is 12.0. The van der Waals surface area contributed by atoms with Gasteiger partial charge in [-0.05, 0) is 46.5 Å². The minimum Gasteiger partial charge on any atom is -0.268 e. The largest absolute Gasteiger partial charge is 0.268 e. The number of amides is 2. The predicted octanol–water partition coefficient (Wildman–Crippen LogP) is 6.87. The van der Waals surface area contributed by atoms with E-state index in [4.69, 9.17) is 0 Å². The Morgan fingerprint density at radius 3 is 1.11 bits per heavy atom. The van der Waals surface area contributed by atoms with E-state index in [1.165, 1.54) is 4.90 Å². The highest BCUT2D eigenvalue weighted by Crippen LogP contribution is 2.45. The van der Waals surface area contributed by atoms with E-state index in [0.29, 0.717) is 16.8 Å². The minimum atomic E-state index is -0.579. The molecule has 1 heterocycles. The molecule has 0 aromatic heterocycles. The molecule has 0 spiro atoms. The number of hydrogen-bond acceptors (Lipinski definition) is 2. The second-order valence-electron chi connectivity index (χ2n) is 8.89. The maximum absolute atomic E-state index is 13.1. The normalized spacial score (nSPS) is 13.1. The van der Waals surface area contributed by atoms with Crippen LogP contribution in [0.2, 0.25) is 0 Å². The van der Waals surface area contributed by atoms with Gasteiger partial charge in [-0.2, -0.15) is 0 Å². The molecule has 3 heteroatoms. The molecule has 0 unspecified atom stereocenters. The number of rotatable bonds is 5. The summed E-state index contributed by atoms with van der Waals surface area (Å²) in [5.74, 6) is -0.576. The zero-order valence-electron chi connectivity index (χ0n) is 19.5. The third-order valence-electron chi connectivity index (χ3n) is 6.97. The first kappa shape index (κ1) is 21.8. The summed E-state index contributed by atoms with van der Waals surface area (Å²) < 4.78 is 0. The molecule has 5 aromatic carbocycles. The molecule has 172 valence electrons. The van der Waals surface area contributed by atoms with Gasteiger partial charge in [0.25, 0.3) is 11.8 Å². The second-order valence-corrected chi connectivity index (χ2v) is 8.89. The molecule has 0 saturated heterocycles. The number of carbonyl (C=O) groups is 2.